The molecule has 0 radical (unpaired) electrons. The van der Waals surface area contributed by atoms with Gasteiger partial charge in [0.1, 0.15) is 6.23 Å². The maximum Gasteiger partial charge on any atom is 0.318 e. The van der Waals surface area contributed by atoms with Gasteiger partial charge in [0, 0.05) is 18.4 Å². The highest BCUT2D eigenvalue weighted by molar-refractivity contribution is 5.86. The minimum Gasteiger partial charge on any atom is -0.493 e. The molecule has 136 valence electrons. The summed E-state index contributed by atoms with van der Waals surface area (Å²) in [4.78, 5) is 12.6. The number of aromatic nitrogens is 4. The van der Waals surface area contributed by atoms with Gasteiger partial charge in [0.25, 0.3) is 0 Å². The molecule has 2 N–H and O–H groups in total. The summed E-state index contributed by atoms with van der Waals surface area (Å²) in [5.41, 5.74) is 1.79. The van der Waals surface area contributed by atoms with Crippen LogP contribution in [-0.2, 0) is 4.74 Å². The van der Waals surface area contributed by atoms with E-state index in [-0.39, 0.29) is 12.2 Å². The van der Waals surface area contributed by atoms with Gasteiger partial charge in [0.15, 0.2) is 28.5 Å². The quantitative estimate of drug-likeness (QED) is 0.718. The van der Waals surface area contributed by atoms with Crippen molar-refractivity contribution in [3.05, 3.63) is 24.5 Å². The van der Waals surface area contributed by atoms with Gasteiger partial charge in [-0.1, -0.05) is 0 Å². The van der Waals surface area contributed by atoms with E-state index in [0.29, 0.717) is 40.8 Å². The summed E-state index contributed by atoms with van der Waals surface area (Å²) in [7, 11) is 3.15. The summed E-state index contributed by atoms with van der Waals surface area (Å²) >= 11 is 0. The van der Waals surface area contributed by atoms with Crippen LogP contribution in [0.15, 0.2) is 24.5 Å². The average molecular weight is 357 g/mol. The molecule has 1 unspecified atom stereocenters. The Labute approximate surface area is 149 Å². The van der Waals surface area contributed by atoms with Crippen LogP contribution in [0.3, 0.4) is 0 Å². The van der Waals surface area contributed by atoms with E-state index in [0.717, 1.165) is 12.8 Å². The predicted octanol–water partition coefficient (Wildman–Crippen LogP) is 2.60. The van der Waals surface area contributed by atoms with E-state index < -0.39 is 0 Å². The third kappa shape index (κ3) is 2.86. The van der Waals surface area contributed by atoms with Crippen molar-refractivity contribution in [1.29, 1.82) is 0 Å². The van der Waals surface area contributed by atoms with E-state index in [9.17, 15) is 5.11 Å². The van der Waals surface area contributed by atoms with Crippen LogP contribution in [0.2, 0.25) is 0 Å². The summed E-state index contributed by atoms with van der Waals surface area (Å²) in [5, 5.41) is 13.1. The third-order valence-electron chi connectivity index (χ3n) is 4.27. The Morgan fingerprint density at radius 2 is 2.08 bits per heavy atom. The lowest BCUT2D eigenvalue weighted by Gasteiger charge is -2.13. The van der Waals surface area contributed by atoms with Crippen LogP contribution in [-0.4, -0.2) is 45.5 Å². The average Bonchev–Trinajstić information content (AvgIpc) is 3.30. The minimum atomic E-state index is -0.333. The second-order valence-electron chi connectivity index (χ2n) is 5.86. The summed E-state index contributed by atoms with van der Waals surface area (Å²) < 4.78 is 18.1. The van der Waals surface area contributed by atoms with Crippen LogP contribution < -0.4 is 14.8 Å². The van der Waals surface area contributed by atoms with E-state index in [1.807, 2.05) is 10.6 Å². The van der Waals surface area contributed by atoms with Crippen LogP contribution in [0.5, 0.6) is 17.5 Å². The van der Waals surface area contributed by atoms with Crippen LogP contribution in [0.1, 0.15) is 19.1 Å². The molecule has 3 aromatic rings. The number of ether oxygens (including phenoxy) is 3. The lowest BCUT2D eigenvalue weighted by Crippen LogP contribution is -2.07. The lowest BCUT2D eigenvalue weighted by molar-refractivity contribution is 0.0592. The standard InChI is InChI=1S/C17H19N5O4/c1-24-11-6-5-10(8-12(11)25-2)19-15-14-16(21-17(23)20-15)22(9-18-14)13-4-3-7-26-13/h5-6,8-9,13H,3-4,7H2,1-2H3,(H2,19,20,21,23). The van der Waals surface area contributed by atoms with Crippen LogP contribution in [0, 0.1) is 0 Å². The Morgan fingerprint density at radius 1 is 1.23 bits per heavy atom. The minimum absolute atomic E-state index is 0.122. The van der Waals surface area contributed by atoms with Gasteiger partial charge in [0.05, 0.1) is 20.5 Å². The first kappa shape index (κ1) is 16.4. The maximum atomic E-state index is 9.97. The second kappa shape index (κ2) is 6.68. The Balaban J connectivity index is 1.72. The highest BCUT2D eigenvalue weighted by Gasteiger charge is 2.22. The van der Waals surface area contributed by atoms with Gasteiger partial charge in [0.2, 0.25) is 0 Å². The zero-order valence-corrected chi connectivity index (χ0v) is 14.5. The number of anilines is 2. The molecular formula is C17H19N5O4. The molecule has 9 nitrogen and oxygen atoms in total. The molecule has 0 spiro atoms. The largest absolute Gasteiger partial charge is 0.493 e. The summed E-state index contributed by atoms with van der Waals surface area (Å²) in [6, 6.07) is 5.05. The van der Waals surface area contributed by atoms with Crippen molar-refractivity contribution in [2.75, 3.05) is 26.1 Å². The number of benzene rings is 1. The third-order valence-corrected chi connectivity index (χ3v) is 4.27. The molecule has 4 rings (SSSR count). The van der Waals surface area contributed by atoms with Gasteiger partial charge >= 0.3 is 6.01 Å². The van der Waals surface area contributed by atoms with E-state index in [1.54, 1.807) is 32.7 Å². The van der Waals surface area contributed by atoms with Crippen molar-refractivity contribution in [3.63, 3.8) is 0 Å². The number of nitrogens with zero attached hydrogens (tertiary/aromatic N) is 4. The molecule has 9 heteroatoms. The Bertz CT molecular complexity index is 936. The molecule has 2 aromatic heterocycles. The molecule has 3 heterocycles. The Kier molecular flexibility index (Phi) is 4.21. The van der Waals surface area contributed by atoms with Gasteiger partial charge in [-0.2, -0.15) is 9.97 Å². The van der Waals surface area contributed by atoms with E-state index >= 15 is 0 Å². The number of rotatable bonds is 5. The van der Waals surface area contributed by atoms with Gasteiger partial charge in [-0.25, -0.2) is 4.98 Å². The van der Waals surface area contributed by atoms with Gasteiger partial charge in [-0.15, -0.1) is 0 Å². The van der Waals surface area contributed by atoms with Crippen molar-refractivity contribution < 1.29 is 19.3 Å². The number of hydrogen-bond donors (Lipinski definition) is 2. The normalized spacial score (nSPS) is 16.8. The lowest BCUT2D eigenvalue weighted by atomic mass is 10.2. The molecule has 1 aliphatic rings. The molecular weight excluding hydrogens is 338 g/mol. The van der Waals surface area contributed by atoms with E-state index in [4.69, 9.17) is 14.2 Å². The van der Waals surface area contributed by atoms with Crippen LogP contribution in [0.25, 0.3) is 11.2 Å². The number of imidazole rings is 1. The topological polar surface area (TPSA) is 104 Å². The summed E-state index contributed by atoms with van der Waals surface area (Å²) in [6.45, 7) is 0.707. The monoisotopic (exact) mass is 357 g/mol. The first-order valence-corrected chi connectivity index (χ1v) is 8.24. The number of aromatic hydroxyl groups is 1. The number of nitrogens with one attached hydrogen (secondary N) is 1. The summed E-state index contributed by atoms with van der Waals surface area (Å²) in [5.74, 6) is 1.60. The highest BCUT2D eigenvalue weighted by Crippen LogP contribution is 2.33. The molecule has 1 atom stereocenters. The Morgan fingerprint density at radius 3 is 2.81 bits per heavy atom. The molecule has 1 aromatic carbocycles. The fourth-order valence-electron chi connectivity index (χ4n) is 3.03. The van der Waals surface area contributed by atoms with Crippen molar-refractivity contribution in [1.82, 2.24) is 19.5 Å². The maximum absolute atomic E-state index is 9.97. The van der Waals surface area contributed by atoms with Crippen LogP contribution >= 0.6 is 0 Å². The van der Waals surface area contributed by atoms with Crippen molar-refractivity contribution in [2.24, 2.45) is 0 Å². The van der Waals surface area contributed by atoms with Crippen molar-refractivity contribution in [2.45, 2.75) is 19.1 Å². The SMILES string of the molecule is COc1ccc(Nc2nc(O)nc3c2ncn3C2CCCO2)cc1OC. The number of fused-ring (bicyclic) bond motifs is 1. The zero-order valence-electron chi connectivity index (χ0n) is 14.5. The van der Waals surface area contributed by atoms with Crippen molar-refractivity contribution >= 4 is 22.7 Å². The van der Waals surface area contributed by atoms with Gasteiger partial charge in [-0.05, 0) is 25.0 Å². The smallest absolute Gasteiger partial charge is 0.318 e. The first-order chi connectivity index (χ1) is 12.7. The van der Waals surface area contributed by atoms with E-state index in [2.05, 4.69) is 20.3 Å². The fourth-order valence-corrected chi connectivity index (χ4v) is 3.03. The Hall–Kier alpha value is -3.07. The molecule has 0 amide bonds. The molecule has 0 saturated carbocycles. The van der Waals surface area contributed by atoms with E-state index in [1.165, 1.54) is 0 Å². The van der Waals surface area contributed by atoms with Gasteiger partial charge in [-0.3, -0.25) is 4.57 Å². The fraction of sp³-hybridized carbons (Fsp3) is 0.353. The molecule has 1 fully saturated rings. The predicted molar refractivity (Wildman–Crippen MR) is 94.0 cm³/mol. The highest BCUT2D eigenvalue weighted by atomic mass is 16.5. The molecule has 1 aliphatic heterocycles. The first-order valence-electron chi connectivity index (χ1n) is 8.24. The summed E-state index contributed by atoms with van der Waals surface area (Å²) in [6.07, 6.45) is 3.41. The molecule has 26 heavy (non-hydrogen) atoms. The molecule has 0 aliphatic carbocycles. The van der Waals surface area contributed by atoms with Crippen LogP contribution in [0.4, 0.5) is 11.5 Å². The van der Waals surface area contributed by atoms with Gasteiger partial charge < -0.3 is 24.6 Å². The second-order valence-corrected chi connectivity index (χ2v) is 5.86. The van der Waals surface area contributed by atoms with Crippen molar-refractivity contribution in [3.8, 4) is 17.5 Å². The zero-order chi connectivity index (χ0) is 18.1. The number of hydrogen-bond acceptors (Lipinski definition) is 8. The number of methoxy groups -OCH3 is 2. The molecule has 1 saturated heterocycles. The molecule has 0 bridgehead atoms.